The Labute approximate surface area is 55.9 Å². The highest BCUT2D eigenvalue weighted by molar-refractivity contribution is 7.34. The molecule has 0 amide bonds. The van der Waals surface area contributed by atoms with Crippen molar-refractivity contribution in [2.45, 2.75) is 6.92 Å². The Bertz CT molecular complexity index is 203. The Balaban J connectivity index is 3.01. The normalized spacial score (nSPS) is 9.89. The van der Waals surface area contributed by atoms with Gasteiger partial charge < -0.3 is 0 Å². The van der Waals surface area contributed by atoms with Gasteiger partial charge in [-0.1, -0.05) is 22.3 Å². The Morgan fingerprint density at radius 3 is 2.22 bits per heavy atom. The number of hydrogen-bond donors (Lipinski definition) is 0. The summed E-state index contributed by atoms with van der Waals surface area (Å²) in [4.78, 5) is 0. The van der Waals surface area contributed by atoms with Crippen molar-refractivity contribution in [2.24, 2.45) is 0 Å². The zero-order chi connectivity index (χ0) is 6.69. The first-order valence-corrected chi connectivity index (χ1v) is 3.68. The van der Waals surface area contributed by atoms with Crippen molar-refractivity contribution in [3.8, 4) is 0 Å². The van der Waals surface area contributed by atoms with E-state index in [9.17, 15) is 4.57 Å². The molecule has 1 unspecified atom stereocenters. The van der Waals surface area contributed by atoms with Gasteiger partial charge in [0.05, 0.1) is 0 Å². The minimum atomic E-state index is -0.324. The van der Waals surface area contributed by atoms with Crippen LogP contribution in [0.5, 0.6) is 0 Å². The molecule has 0 bridgehead atoms. The van der Waals surface area contributed by atoms with E-state index in [1.165, 1.54) is 5.56 Å². The molecule has 1 nitrogen and oxygen atoms in total. The summed E-state index contributed by atoms with van der Waals surface area (Å²) in [5.74, 6) is 0. The number of aryl methyl sites for hydroxylation is 1. The predicted octanol–water partition coefficient (Wildman–Crippen LogP) is 1.64. The van der Waals surface area contributed by atoms with Gasteiger partial charge in [0.1, 0.15) is 0 Å². The van der Waals surface area contributed by atoms with Crippen LogP contribution in [0.25, 0.3) is 0 Å². The molecule has 1 aromatic carbocycles. The van der Waals surface area contributed by atoms with Gasteiger partial charge >= 0.3 is 8.46 Å². The van der Waals surface area contributed by atoms with Gasteiger partial charge in [-0.3, -0.25) is 0 Å². The van der Waals surface area contributed by atoms with Crippen LogP contribution in [-0.4, -0.2) is 0 Å². The molecule has 0 saturated heterocycles. The molecule has 0 aliphatic carbocycles. The van der Waals surface area contributed by atoms with Crippen LogP contribution in [-0.2, 0) is 4.57 Å². The summed E-state index contributed by atoms with van der Waals surface area (Å²) >= 11 is 0. The average Bonchev–Trinajstić information content (AvgIpc) is 1.90. The van der Waals surface area contributed by atoms with Gasteiger partial charge in [-0.15, -0.1) is 0 Å². The molecule has 0 radical (unpaired) electrons. The van der Waals surface area contributed by atoms with E-state index in [0.29, 0.717) is 0 Å². The van der Waals surface area contributed by atoms with E-state index in [-0.39, 0.29) is 8.46 Å². The maximum atomic E-state index is 10.3. The highest BCUT2D eigenvalue weighted by Gasteiger charge is 1.94. The van der Waals surface area contributed by atoms with Gasteiger partial charge in [-0.2, -0.15) is 0 Å². The third-order valence-corrected chi connectivity index (χ3v) is 1.74. The van der Waals surface area contributed by atoms with Crippen molar-refractivity contribution in [1.29, 1.82) is 0 Å². The lowest BCUT2D eigenvalue weighted by atomic mass is 10.2. The third-order valence-electron chi connectivity index (χ3n) is 1.17. The highest BCUT2D eigenvalue weighted by Crippen LogP contribution is 1.98. The minimum Gasteiger partial charge on any atom is -0.0707 e. The molecule has 0 fully saturated rings. The van der Waals surface area contributed by atoms with Crippen molar-refractivity contribution in [1.82, 2.24) is 0 Å². The van der Waals surface area contributed by atoms with Gasteiger partial charge in [0, 0.05) is 0 Å². The van der Waals surface area contributed by atoms with Crippen molar-refractivity contribution in [2.75, 3.05) is 0 Å². The molecule has 0 heterocycles. The molecule has 0 aliphatic heterocycles. The topological polar surface area (TPSA) is 17.1 Å². The van der Waals surface area contributed by atoms with Crippen LogP contribution in [0.3, 0.4) is 0 Å². The Hall–Kier alpha value is -0.680. The van der Waals surface area contributed by atoms with E-state index < -0.39 is 0 Å². The van der Waals surface area contributed by atoms with Crippen LogP contribution in [0.15, 0.2) is 24.3 Å². The Kier molecular flexibility index (Phi) is 1.96. The molecule has 0 saturated carbocycles. The number of rotatable bonds is 1. The van der Waals surface area contributed by atoms with Crippen molar-refractivity contribution in [3.63, 3.8) is 0 Å². The second kappa shape index (κ2) is 2.75. The molecule has 0 aromatic heterocycles. The monoisotopic (exact) mass is 139 g/mol. The van der Waals surface area contributed by atoms with Crippen molar-refractivity contribution < 1.29 is 4.57 Å². The van der Waals surface area contributed by atoms with Gasteiger partial charge in [-0.25, -0.2) is 0 Å². The molecule has 1 atom stereocenters. The molecule has 0 spiro atoms. The minimum absolute atomic E-state index is 0.324. The smallest absolute Gasteiger partial charge is 0.0707 e. The zero-order valence-corrected chi connectivity index (χ0v) is 6.22. The fourth-order valence-corrected chi connectivity index (χ4v) is 0.924. The first-order valence-electron chi connectivity index (χ1n) is 2.78. The summed E-state index contributed by atoms with van der Waals surface area (Å²) in [6, 6.07) is 7.67. The van der Waals surface area contributed by atoms with Crippen LogP contribution in [0.1, 0.15) is 5.56 Å². The van der Waals surface area contributed by atoms with Crippen LogP contribution in [0, 0.1) is 6.92 Å². The van der Waals surface area contributed by atoms with E-state index in [1.54, 1.807) is 0 Å². The predicted molar refractivity (Wildman–Crippen MR) is 39.8 cm³/mol. The summed E-state index contributed by atoms with van der Waals surface area (Å²) in [5.41, 5.74) is 1.21. The van der Waals surface area contributed by atoms with E-state index in [2.05, 4.69) is 0 Å². The maximum Gasteiger partial charge on any atom is 0.363 e. The van der Waals surface area contributed by atoms with Crippen molar-refractivity contribution in [3.05, 3.63) is 29.8 Å². The van der Waals surface area contributed by atoms with Crippen LogP contribution < -0.4 is 5.30 Å². The SMILES string of the molecule is Cc1ccc([PH+]=O)cc1. The molecular weight excluding hydrogens is 131 g/mol. The summed E-state index contributed by atoms with van der Waals surface area (Å²) in [6.07, 6.45) is 0. The first-order chi connectivity index (χ1) is 4.33. The molecule has 0 aliphatic rings. The standard InChI is InChI=1S/C7H7OP/c1-6-2-4-7(9-8)5-3-6/h2-5H,1H3/p+1. The number of benzene rings is 1. The largest absolute Gasteiger partial charge is 0.363 e. The maximum absolute atomic E-state index is 10.3. The van der Waals surface area contributed by atoms with Crippen LogP contribution >= 0.6 is 8.46 Å². The summed E-state index contributed by atoms with van der Waals surface area (Å²) < 4.78 is 10.3. The van der Waals surface area contributed by atoms with E-state index in [1.807, 2.05) is 31.2 Å². The zero-order valence-electron chi connectivity index (χ0n) is 5.22. The lowest BCUT2D eigenvalue weighted by Crippen LogP contribution is -1.87. The highest BCUT2D eigenvalue weighted by atomic mass is 31.1. The number of hydrogen-bond acceptors (Lipinski definition) is 1. The average molecular weight is 139 g/mol. The molecule has 46 valence electrons. The second-order valence-corrected chi connectivity index (χ2v) is 2.75. The molecule has 1 rings (SSSR count). The van der Waals surface area contributed by atoms with E-state index in [4.69, 9.17) is 0 Å². The molecule has 9 heavy (non-hydrogen) atoms. The van der Waals surface area contributed by atoms with Gasteiger partial charge in [0.15, 0.2) is 5.30 Å². The second-order valence-electron chi connectivity index (χ2n) is 1.97. The Morgan fingerprint density at radius 2 is 1.78 bits per heavy atom. The summed E-state index contributed by atoms with van der Waals surface area (Å²) in [7, 11) is -0.324. The fraction of sp³-hybridized carbons (Fsp3) is 0.143. The lowest BCUT2D eigenvalue weighted by Gasteiger charge is -1.84. The van der Waals surface area contributed by atoms with Gasteiger partial charge in [0.2, 0.25) is 0 Å². The lowest BCUT2D eigenvalue weighted by molar-refractivity contribution is 0.603. The molecule has 2 heteroatoms. The van der Waals surface area contributed by atoms with Crippen LogP contribution in [0.4, 0.5) is 0 Å². The van der Waals surface area contributed by atoms with Crippen LogP contribution in [0.2, 0.25) is 0 Å². The first kappa shape index (κ1) is 6.44. The fourth-order valence-electron chi connectivity index (χ4n) is 0.622. The van der Waals surface area contributed by atoms with E-state index >= 15 is 0 Å². The summed E-state index contributed by atoms with van der Waals surface area (Å²) in [5, 5.41) is 0.889. The van der Waals surface area contributed by atoms with Gasteiger partial charge in [0.25, 0.3) is 0 Å². The summed E-state index contributed by atoms with van der Waals surface area (Å²) in [6.45, 7) is 2.01. The Morgan fingerprint density at radius 1 is 1.22 bits per heavy atom. The molecule has 1 aromatic rings. The van der Waals surface area contributed by atoms with E-state index in [0.717, 1.165) is 5.30 Å². The molecular formula is C7H8OP+. The van der Waals surface area contributed by atoms with Gasteiger partial charge in [-0.05, 0) is 19.1 Å². The molecule has 0 N–H and O–H groups in total. The van der Waals surface area contributed by atoms with Crippen molar-refractivity contribution >= 4 is 13.8 Å². The third kappa shape index (κ3) is 1.62. The quantitative estimate of drug-likeness (QED) is 0.540.